The highest BCUT2D eigenvalue weighted by Crippen LogP contribution is 2.32. The number of amides is 1. The second-order valence-electron chi connectivity index (χ2n) is 9.39. The van der Waals surface area contributed by atoms with Gasteiger partial charge in [-0.15, -0.1) is 0 Å². The molecule has 0 unspecified atom stereocenters. The number of nitrogens with zero attached hydrogens (tertiary/aromatic N) is 2. The maximum Gasteiger partial charge on any atom is 0.335 e. The van der Waals surface area contributed by atoms with Gasteiger partial charge in [0.15, 0.2) is 0 Å². The summed E-state index contributed by atoms with van der Waals surface area (Å²) >= 11 is 1.34. The van der Waals surface area contributed by atoms with Crippen molar-refractivity contribution in [3.8, 4) is 11.3 Å². The number of carboxylic acid groups (broad SMARTS) is 1. The zero-order chi connectivity index (χ0) is 26.9. The third-order valence-corrected chi connectivity index (χ3v) is 7.37. The molecule has 2 aromatic heterocycles. The molecule has 1 atom stereocenters. The van der Waals surface area contributed by atoms with Crippen LogP contribution in [-0.2, 0) is 6.42 Å². The van der Waals surface area contributed by atoms with Gasteiger partial charge in [-0.05, 0) is 70.7 Å². The minimum Gasteiger partial charge on any atom is -0.478 e. The molecular weight excluding hydrogens is 510 g/mol. The highest BCUT2D eigenvalue weighted by Gasteiger charge is 2.22. The molecule has 2 N–H and O–H groups in total. The van der Waals surface area contributed by atoms with Crippen LogP contribution in [0.15, 0.2) is 94.8 Å². The van der Waals surface area contributed by atoms with Crippen molar-refractivity contribution in [1.82, 2.24) is 14.8 Å². The van der Waals surface area contributed by atoms with E-state index in [9.17, 15) is 14.7 Å². The fraction of sp³-hybridized carbons (Fsp3) is 0.0968. The Morgan fingerprint density at radius 1 is 0.974 bits per heavy atom. The number of hydrogen-bond acceptors (Lipinski definition) is 6. The summed E-state index contributed by atoms with van der Waals surface area (Å²) in [6.07, 6.45) is 0.476. The molecule has 1 amide bonds. The van der Waals surface area contributed by atoms with Gasteiger partial charge in [-0.3, -0.25) is 4.79 Å². The lowest BCUT2D eigenvalue weighted by atomic mass is 9.97. The Morgan fingerprint density at radius 3 is 2.51 bits per heavy atom. The third kappa shape index (κ3) is 4.89. The van der Waals surface area contributed by atoms with Crippen LogP contribution < -0.4 is 5.32 Å². The number of aromatic carboxylic acids is 1. The average molecular weight is 534 g/mol. The number of carbonyl (C=O) groups excluding carboxylic acids is 1. The van der Waals surface area contributed by atoms with E-state index in [0.29, 0.717) is 28.6 Å². The van der Waals surface area contributed by atoms with E-state index >= 15 is 0 Å². The molecule has 4 aromatic carbocycles. The topological polar surface area (TPSA) is 105 Å². The Bertz CT molecular complexity index is 1820. The van der Waals surface area contributed by atoms with Crippen LogP contribution in [0.3, 0.4) is 0 Å². The van der Waals surface area contributed by atoms with Crippen LogP contribution in [0, 0.1) is 0 Å². The maximum atomic E-state index is 13.7. The summed E-state index contributed by atoms with van der Waals surface area (Å²) in [6.45, 7) is 1.86. The van der Waals surface area contributed by atoms with Crippen LogP contribution in [0.2, 0.25) is 0 Å². The first-order chi connectivity index (χ1) is 19.0. The van der Waals surface area contributed by atoms with Crippen molar-refractivity contribution in [2.45, 2.75) is 19.4 Å². The van der Waals surface area contributed by atoms with Gasteiger partial charge in [0, 0.05) is 17.4 Å². The summed E-state index contributed by atoms with van der Waals surface area (Å²) in [7, 11) is 0. The number of benzene rings is 4. The average Bonchev–Trinajstić information content (AvgIpc) is 3.63. The molecule has 0 aliphatic carbocycles. The van der Waals surface area contributed by atoms with E-state index in [2.05, 4.69) is 45.2 Å². The molecule has 0 aliphatic heterocycles. The maximum absolute atomic E-state index is 13.7. The van der Waals surface area contributed by atoms with E-state index in [1.54, 1.807) is 12.1 Å². The molecule has 0 radical (unpaired) electrons. The lowest BCUT2D eigenvalue weighted by molar-refractivity contribution is 0.0696. The van der Waals surface area contributed by atoms with Crippen molar-refractivity contribution in [2.24, 2.45) is 0 Å². The molecule has 0 saturated heterocycles. The fourth-order valence-electron chi connectivity index (χ4n) is 4.76. The van der Waals surface area contributed by atoms with Crippen molar-refractivity contribution in [2.75, 3.05) is 0 Å². The zero-order valence-electron chi connectivity index (χ0n) is 20.9. The zero-order valence-corrected chi connectivity index (χ0v) is 21.7. The van der Waals surface area contributed by atoms with Gasteiger partial charge in [0.2, 0.25) is 0 Å². The van der Waals surface area contributed by atoms with Gasteiger partial charge in [-0.1, -0.05) is 59.8 Å². The number of carboxylic acids is 1. The van der Waals surface area contributed by atoms with Gasteiger partial charge in [0.25, 0.3) is 5.91 Å². The molecule has 8 heteroatoms. The molecule has 0 aliphatic rings. The van der Waals surface area contributed by atoms with E-state index in [4.69, 9.17) is 4.52 Å². The first-order valence-electron chi connectivity index (χ1n) is 12.4. The van der Waals surface area contributed by atoms with Gasteiger partial charge in [0.1, 0.15) is 11.3 Å². The largest absolute Gasteiger partial charge is 0.478 e. The Labute approximate surface area is 227 Å². The van der Waals surface area contributed by atoms with Crippen molar-refractivity contribution in [3.63, 3.8) is 0 Å². The number of carbonyl (C=O) groups is 2. The van der Waals surface area contributed by atoms with Crippen molar-refractivity contribution >= 4 is 45.1 Å². The number of hydrogen-bond donors (Lipinski definition) is 2. The lowest BCUT2D eigenvalue weighted by Gasteiger charge is -2.16. The summed E-state index contributed by atoms with van der Waals surface area (Å²) in [5, 5.41) is 21.4. The normalized spacial score (nSPS) is 12.0. The Balaban J connectivity index is 1.38. The van der Waals surface area contributed by atoms with Crippen LogP contribution in [0.1, 0.15) is 50.6 Å². The Kier molecular flexibility index (Phi) is 6.38. The first-order valence-corrected chi connectivity index (χ1v) is 13.2. The Hall–Kier alpha value is -4.82. The van der Waals surface area contributed by atoms with Crippen molar-refractivity contribution in [3.05, 3.63) is 118 Å². The van der Waals surface area contributed by atoms with E-state index < -0.39 is 5.97 Å². The van der Waals surface area contributed by atoms with Gasteiger partial charge < -0.3 is 14.9 Å². The molecule has 6 aromatic rings. The summed E-state index contributed by atoms with van der Waals surface area (Å²) in [4.78, 5) is 24.9. The van der Waals surface area contributed by atoms with Gasteiger partial charge in [-0.2, -0.15) is 4.37 Å². The first kappa shape index (κ1) is 24.5. The SMILES string of the molecule is C[C@H](NC(=O)c1cc(-c2ccsn2)cc2noc(Cc3ccc4ccccc4c3)c12)c1ccc(C(=O)O)cc1. The predicted octanol–water partition coefficient (Wildman–Crippen LogP) is 6.88. The minimum atomic E-state index is -0.995. The Morgan fingerprint density at radius 2 is 1.77 bits per heavy atom. The second-order valence-corrected chi connectivity index (χ2v) is 10.1. The lowest BCUT2D eigenvalue weighted by Crippen LogP contribution is -2.27. The summed E-state index contributed by atoms with van der Waals surface area (Å²) < 4.78 is 10.2. The van der Waals surface area contributed by atoms with Crippen LogP contribution in [0.25, 0.3) is 32.9 Å². The number of fused-ring (bicyclic) bond motifs is 2. The van der Waals surface area contributed by atoms with Crippen molar-refractivity contribution in [1.29, 1.82) is 0 Å². The quantitative estimate of drug-likeness (QED) is 0.232. The fourth-order valence-corrected chi connectivity index (χ4v) is 5.29. The van der Waals surface area contributed by atoms with Gasteiger partial charge in [-0.25, -0.2) is 4.79 Å². The number of aromatic nitrogens is 2. The monoisotopic (exact) mass is 533 g/mol. The smallest absolute Gasteiger partial charge is 0.335 e. The summed E-state index contributed by atoms with van der Waals surface area (Å²) in [6, 6.07) is 26.2. The molecule has 192 valence electrons. The number of nitrogens with one attached hydrogen (secondary N) is 1. The summed E-state index contributed by atoms with van der Waals surface area (Å²) in [5.41, 5.74) is 4.60. The molecule has 0 bridgehead atoms. The minimum absolute atomic E-state index is 0.192. The van der Waals surface area contributed by atoms with Crippen molar-refractivity contribution < 1.29 is 19.2 Å². The molecule has 39 heavy (non-hydrogen) atoms. The van der Waals surface area contributed by atoms with E-state index in [1.807, 2.05) is 42.6 Å². The molecule has 0 saturated carbocycles. The molecule has 7 nitrogen and oxygen atoms in total. The van der Waals surface area contributed by atoms with Crippen LogP contribution in [0.5, 0.6) is 0 Å². The number of rotatable bonds is 7. The van der Waals surface area contributed by atoms with Crippen LogP contribution in [-0.4, -0.2) is 26.5 Å². The second kappa shape index (κ2) is 10.2. The molecule has 0 fully saturated rings. The van der Waals surface area contributed by atoms with Gasteiger partial charge in [0.05, 0.1) is 28.2 Å². The van der Waals surface area contributed by atoms with Crippen LogP contribution >= 0.6 is 11.5 Å². The molecular formula is C31H23N3O4S. The summed E-state index contributed by atoms with van der Waals surface area (Å²) in [5.74, 6) is -0.672. The van der Waals surface area contributed by atoms with Gasteiger partial charge >= 0.3 is 5.97 Å². The highest BCUT2D eigenvalue weighted by atomic mass is 32.1. The standard InChI is InChI=1S/C31H23N3O4S/c1-18(20-8-10-22(11-9-20)31(36)37)32-30(35)25-16-24(26-12-13-39-34-26)17-27-29(25)28(38-33-27)15-19-6-7-21-4-2-3-5-23(21)14-19/h2-14,16-18H,15H2,1H3,(H,32,35)(H,36,37)/t18-/m0/s1. The molecule has 6 rings (SSSR count). The molecule has 2 heterocycles. The van der Waals surface area contributed by atoms with E-state index in [0.717, 1.165) is 33.2 Å². The van der Waals surface area contributed by atoms with E-state index in [-0.39, 0.29) is 17.5 Å². The van der Waals surface area contributed by atoms with Crippen LogP contribution in [0.4, 0.5) is 0 Å². The predicted molar refractivity (Wildman–Crippen MR) is 151 cm³/mol. The highest BCUT2D eigenvalue weighted by molar-refractivity contribution is 7.03. The van der Waals surface area contributed by atoms with E-state index in [1.165, 1.54) is 23.7 Å². The molecule has 0 spiro atoms. The third-order valence-electron chi connectivity index (χ3n) is 6.81.